The van der Waals surface area contributed by atoms with Crippen molar-refractivity contribution >= 4 is 5.69 Å². The van der Waals surface area contributed by atoms with E-state index in [0.717, 1.165) is 50.8 Å². The maximum Gasteiger partial charge on any atom is 0.225 e. The van der Waals surface area contributed by atoms with Gasteiger partial charge >= 0.3 is 0 Å². The zero-order chi connectivity index (χ0) is 22.6. The van der Waals surface area contributed by atoms with Crippen LogP contribution in [0.5, 0.6) is 5.88 Å². The molecule has 0 aliphatic rings. The minimum atomic E-state index is 0. The van der Waals surface area contributed by atoms with E-state index < -0.39 is 0 Å². The topological polar surface area (TPSA) is 53.1 Å². The monoisotopic (exact) mass is 447 g/mol. The molecule has 1 aromatic heterocycles. The lowest BCUT2D eigenvalue weighted by atomic mass is 10.0. The summed E-state index contributed by atoms with van der Waals surface area (Å²) in [6.07, 6.45) is 0. The minimum absolute atomic E-state index is 0. The highest BCUT2D eigenvalue weighted by atomic mass is 16.5. The van der Waals surface area contributed by atoms with Crippen LogP contribution in [0, 0.1) is 0 Å². The van der Waals surface area contributed by atoms with Gasteiger partial charge in [-0.2, -0.15) is 9.78 Å². The lowest BCUT2D eigenvalue weighted by Crippen LogP contribution is -2.04. The standard InChI is InChI=1S/C29H25N3O.CH4/c1-2-33-29-27(21-12-5-3-6-13-21)28(22-14-7-4-8-15-22)31-32(29)26-19-10-9-18-25(26)23-16-11-17-24(30)20-23;/h3-20H,2,30H2,1H3;1H4. The van der Waals surface area contributed by atoms with Crippen molar-refractivity contribution in [2.24, 2.45) is 0 Å². The van der Waals surface area contributed by atoms with Gasteiger partial charge in [-0.15, -0.1) is 0 Å². The summed E-state index contributed by atoms with van der Waals surface area (Å²) >= 11 is 0. The van der Waals surface area contributed by atoms with Gasteiger partial charge in [0.2, 0.25) is 5.88 Å². The first-order valence-electron chi connectivity index (χ1n) is 11.1. The number of rotatable bonds is 6. The number of hydrogen-bond acceptors (Lipinski definition) is 3. The summed E-state index contributed by atoms with van der Waals surface area (Å²) in [5.74, 6) is 0.721. The molecule has 0 atom stereocenters. The molecule has 0 saturated heterocycles. The summed E-state index contributed by atoms with van der Waals surface area (Å²) in [6, 6.07) is 36.7. The molecule has 0 fully saturated rings. The Hall–Kier alpha value is -4.31. The van der Waals surface area contributed by atoms with E-state index in [1.807, 2.05) is 78.3 Å². The molecule has 0 radical (unpaired) electrons. The number of ether oxygens (including phenoxy) is 1. The second-order valence-corrected chi connectivity index (χ2v) is 7.75. The van der Waals surface area contributed by atoms with Crippen LogP contribution in [-0.4, -0.2) is 16.4 Å². The molecule has 4 aromatic carbocycles. The van der Waals surface area contributed by atoms with E-state index in [1.54, 1.807) is 0 Å². The van der Waals surface area contributed by atoms with Crippen LogP contribution in [0.1, 0.15) is 14.4 Å². The molecule has 4 heteroatoms. The maximum absolute atomic E-state index is 6.27. The lowest BCUT2D eigenvalue weighted by Gasteiger charge is -2.14. The molecule has 0 spiro atoms. The SMILES string of the molecule is C.CCOc1c(-c2ccccc2)c(-c2ccccc2)nn1-c1ccccc1-c1cccc(N)c1. The van der Waals surface area contributed by atoms with Crippen molar-refractivity contribution in [1.82, 2.24) is 9.78 Å². The summed E-state index contributed by atoms with van der Waals surface area (Å²) in [5, 5.41) is 5.11. The number of nitrogens with two attached hydrogens (primary N) is 1. The predicted molar refractivity (Wildman–Crippen MR) is 142 cm³/mol. The van der Waals surface area contributed by atoms with Crippen LogP contribution in [0.15, 0.2) is 109 Å². The second-order valence-electron chi connectivity index (χ2n) is 7.75. The molecule has 170 valence electrons. The average Bonchev–Trinajstić information content (AvgIpc) is 3.24. The Labute approximate surface area is 201 Å². The molecule has 34 heavy (non-hydrogen) atoms. The third-order valence-electron chi connectivity index (χ3n) is 5.56. The third-order valence-corrected chi connectivity index (χ3v) is 5.56. The number of hydrogen-bond donors (Lipinski definition) is 1. The lowest BCUT2D eigenvalue weighted by molar-refractivity contribution is 0.318. The van der Waals surface area contributed by atoms with Crippen molar-refractivity contribution in [2.75, 3.05) is 12.3 Å². The van der Waals surface area contributed by atoms with Gasteiger partial charge in [0.25, 0.3) is 0 Å². The van der Waals surface area contributed by atoms with Crippen LogP contribution in [-0.2, 0) is 0 Å². The first-order valence-corrected chi connectivity index (χ1v) is 11.1. The van der Waals surface area contributed by atoms with E-state index in [1.165, 1.54) is 0 Å². The first-order chi connectivity index (χ1) is 16.3. The van der Waals surface area contributed by atoms with Gasteiger partial charge in [-0.05, 0) is 36.2 Å². The first kappa shape index (κ1) is 22.9. The molecule has 1 heterocycles. The zero-order valence-corrected chi connectivity index (χ0v) is 18.5. The van der Waals surface area contributed by atoms with Crippen LogP contribution in [0.2, 0.25) is 0 Å². The molecular weight excluding hydrogens is 418 g/mol. The largest absolute Gasteiger partial charge is 0.477 e. The molecule has 0 amide bonds. The minimum Gasteiger partial charge on any atom is -0.477 e. The smallest absolute Gasteiger partial charge is 0.225 e. The molecule has 0 aliphatic heterocycles. The van der Waals surface area contributed by atoms with Crippen LogP contribution < -0.4 is 10.5 Å². The van der Waals surface area contributed by atoms with Gasteiger partial charge in [0, 0.05) is 16.8 Å². The molecule has 0 bridgehead atoms. The van der Waals surface area contributed by atoms with Gasteiger partial charge in [-0.25, -0.2) is 0 Å². The van der Waals surface area contributed by atoms with Gasteiger partial charge < -0.3 is 10.5 Å². The Bertz CT molecular complexity index is 1380. The van der Waals surface area contributed by atoms with E-state index in [9.17, 15) is 0 Å². The van der Waals surface area contributed by atoms with Crippen LogP contribution in [0.3, 0.4) is 0 Å². The number of benzene rings is 4. The predicted octanol–water partition coefficient (Wildman–Crippen LogP) is 7.49. The Morgan fingerprint density at radius 2 is 1.35 bits per heavy atom. The summed E-state index contributed by atoms with van der Waals surface area (Å²) in [5.41, 5.74) is 13.8. The van der Waals surface area contributed by atoms with Crippen LogP contribution >= 0.6 is 0 Å². The number of nitrogens with zero attached hydrogens (tertiary/aromatic N) is 2. The Kier molecular flexibility index (Phi) is 6.79. The molecule has 5 aromatic rings. The Balaban J connectivity index is 0.00000274. The van der Waals surface area contributed by atoms with Gasteiger partial charge in [-0.1, -0.05) is 98.4 Å². The van der Waals surface area contributed by atoms with E-state index in [4.69, 9.17) is 15.6 Å². The molecule has 5 rings (SSSR count). The number of aromatic nitrogens is 2. The van der Waals surface area contributed by atoms with E-state index in [-0.39, 0.29) is 7.43 Å². The van der Waals surface area contributed by atoms with Gasteiger partial charge in [0.1, 0.15) is 5.69 Å². The average molecular weight is 448 g/mol. The van der Waals surface area contributed by atoms with Crippen LogP contribution in [0.25, 0.3) is 39.2 Å². The molecule has 4 nitrogen and oxygen atoms in total. The quantitative estimate of drug-likeness (QED) is 0.274. The molecule has 0 aliphatic carbocycles. The number of anilines is 1. The normalized spacial score (nSPS) is 10.5. The zero-order valence-electron chi connectivity index (χ0n) is 18.5. The van der Waals surface area contributed by atoms with Crippen molar-refractivity contribution < 1.29 is 4.74 Å². The fourth-order valence-corrected chi connectivity index (χ4v) is 4.11. The molecule has 0 saturated carbocycles. The van der Waals surface area contributed by atoms with Crippen molar-refractivity contribution in [3.05, 3.63) is 109 Å². The van der Waals surface area contributed by atoms with E-state index in [0.29, 0.717) is 6.61 Å². The fourth-order valence-electron chi connectivity index (χ4n) is 4.11. The van der Waals surface area contributed by atoms with Gasteiger partial charge in [0.05, 0.1) is 17.9 Å². The highest BCUT2D eigenvalue weighted by molar-refractivity contribution is 5.86. The Morgan fingerprint density at radius 3 is 2.03 bits per heavy atom. The van der Waals surface area contributed by atoms with Gasteiger partial charge in [0.15, 0.2) is 0 Å². The second kappa shape index (κ2) is 10.1. The summed E-state index contributed by atoms with van der Waals surface area (Å²) in [7, 11) is 0. The third kappa shape index (κ3) is 4.30. The molecule has 2 N–H and O–H groups in total. The number of nitrogen functional groups attached to an aromatic ring is 1. The fraction of sp³-hybridized carbons (Fsp3) is 0.100. The van der Waals surface area contributed by atoms with E-state index >= 15 is 0 Å². The van der Waals surface area contributed by atoms with E-state index in [2.05, 4.69) is 42.5 Å². The Morgan fingerprint density at radius 1 is 0.735 bits per heavy atom. The van der Waals surface area contributed by atoms with Crippen molar-refractivity contribution in [1.29, 1.82) is 0 Å². The van der Waals surface area contributed by atoms with Crippen molar-refractivity contribution in [2.45, 2.75) is 14.4 Å². The van der Waals surface area contributed by atoms with Crippen LogP contribution in [0.4, 0.5) is 5.69 Å². The summed E-state index contributed by atoms with van der Waals surface area (Å²) in [4.78, 5) is 0. The molecular formula is C30H29N3O. The summed E-state index contributed by atoms with van der Waals surface area (Å²) in [6.45, 7) is 2.53. The highest BCUT2D eigenvalue weighted by Gasteiger charge is 2.24. The highest BCUT2D eigenvalue weighted by Crippen LogP contribution is 2.42. The van der Waals surface area contributed by atoms with Crippen molar-refractivity contribution in [3.8, 4) is 45.1 Å². The maximum atomic E-state index is 6.27. The van der Waals surface area contributed by atoms with Gasteiger partial charge in [-0.3, -0.25) is 0 Å². The van der Waals surface area contributed by atoms with Crippen molar-refractivity contribution in [3.63, 3.8) is 0 Å². The number of para-hydroxylation sites is 1. The molecule has 0 unspecified atom stereocenters. The summed E-state index contributed by atoms with van der Waals surface area (Å²) < 4.78 is 8.19.